The molecule has 146 valence electrons. The van der Waals surface area contributed by atoms with Crippen LogP contribution in [0.15, 0.2) is 29.3 Å². The molecule has 1 atom stereocenters. The summed E-state index contributed by atoms with van der Waals surface area (Å²) in [7, 11) is 1.82. The molecule has 0 saturated carbocycles. The normalized spacial score (nSPS) is 24.2. The maximum Gasteiger partial charge on any atom is 0.191 e. The topological polar surface area (TPSA) is 48.9 Å². The second-order valence-corrected chi connectivity index (χ2v) is 8.07. The molecule has 1 unspecified atom stereocenters. The zero-order chi connectivity index (χ0) is 17.5. The van der Waals surface area contributed by atoms with Gasteiger partial charge in [0.1, 0.15) is 0 Å². The van der Waals surface area contributed by atoms with Crippen molar-refractivity contribution in [3.05, 3.63) is 34.9 Å². The van der Waals surface area contributed by atoms with Crippen LogP contribution in [-0.4, -0.2) is 67.8 Å². The van der Waals surface area contributed by atoms with Crippen LogP contribution in [0, 0.1) is 0 Å². The maximum atomic E-state index is 5.94. The summed E-state index contributed by atoms with van der Waals surface area (Å²) in [6.45, 7) is 5.39. The van der Waals surface area contributed by atoms with Crippen molar-refractivity contribution >= 4 is 53.3 Å². The molecule has 26 heavy (non-hydrogen) atoms. The summed E-state index contributed by atoms with van der Waals surface area (Å²) in [6, 6.07) is 7.90. The predicted molar refractivity (Wildman–Crippen MR) is 122 cm³/mol. The summed E-state index contributed by atoms with van der Waals surface area (Å²) in [5.41, 5.74) is 1.40. The highest BCUT2D eigenvalue weighted by Crippen LogP contribution is 2.33. The van der Waals surface area contributed by atoms with Crippen molar-refractivity contribution in [2.45, 2.75) is 18.5 Å². The zero-order valence-electron chi connectivity index (χ0n) is 15.2. The lowest BCUT2D eigenvalue weighted by molar-refractivity contribution is -0.0120. The number of aliphatic imine (C=N–C) groups is 1. The molecule has 3 rings (SSSR count). The lowest BCUT2D eigenvalue weighted by atomic mass is 9.95. The van der Waals surface area contributed by atoms with E-state index < -0.39 is 0 Å². The minimum absolute atomic E-state index is 0. The highest BCUT2D eigenvalue weighted by Gasteiger charge is 2.40. The van der Waals surface area contributed by atoms with Gasteiger partial charge < -0.3 is 15.4 Å². The number of rotatable bonds is 5. The number of ether oxygens (including phenoxy) is 1. The summed E-state index contributed by atoms with van der Waals surface area (Å²) in [6.07, 6.45) is 1.22. The van der Waals surface area contributed by atoms with Gasteiger partial charge in [0.2, 0.25) is 0 Å². The van der Waals surface area contributed by atoms with Gasteiger partial charge in [-0.2, -0.15) is 11.8 Å². The maximum absolute atomic E-state index is 5.94. The molecule has 0 bridgehead atoms. The van der Waals surface area contributed by atoms with Gasteiger partial charge in [-0.3, -0.25) is 9.89 Å². The van der Waals surface area contributed by atoms with Crippen molar-refractivity contribution in [2.75, 3.05) is 51.4 Å². The van der Waals surface area contributed by atoms with Gasteiger partial charge in [-0.1, -0.05) is 23.7 Å². The number of nitrogens with zero attached hydrogens (tertiary/aromatic N) is 2. The van der Waals surface area contributed by atoms with E-state index in [1.54, 1.807) is 0 Å². The van der Waals surface area contributed by atoms with E-state index in [1.165, 1.54) is 23.5 Å². The Labute approximate surface area is 182 Å². The molecular weight excluding hydrogens is 483 g/mol. The first-order valence-electron chi connectivity index (χ1n) is 8.81. The number of hydrogen-bond acceptors (Lipinski definition) is 4. The number of hydrogen-bond donors (Lipinski definition) is 2. The second kappa shape index (κ2) is 10.9. The molecule has 2 aliphatic heterocycles. The van der Waals surface area contributed by atoms with Crippen LogP contribution >= 0.6 is 47.3 Å². The SMILES string of the molecule is CN=C(NCc1ccc(Cl)cc1)NCC1(N2CCOCC2)CCSC1.I. The predicted octanol–water partition coefficient (Wildman–Crippen LogP) is 2.83. The van der Waals surface area contributed by atoms with E-state index >= 15 is 0 Å². The number of benzene rings is 1. The Morgan fingerprint density at radius 3 is 2.62 bits per heavy atom. The minimum atomic E-state index is 0. The fourth-order valence-corrected chi connectivity index (χ4v) is 5.00. The quantitative estimate of drug-likeness (QED) is 0.362. The molecule has 2 N–H and O–H groups in total. The Balaban J connectivity index is 0.00000243. The minimum Gasteiger partial charge on any atom is -0.379 e. The number of nitrogens with one attached hydrogen (secondary N) is 2. The van der Waals surface area contributed by atoms with E-state index in [1.807, 2.05) is 31.3 Å². The van der Waals surface area contributed by atoms with Gasteiger partial charge >= 0.3 is 0 Å². The molecule has 1 aromatic carbocycles. The molecular formula is C18H28ClIN4OS. The van der Waals surface area contributed by atoms with Gasteiger partial charge in [-0.25, -0.2) is 0 Å². The van der Waals surface area contributed by atoms with Crippen LogP contribution in [-0.2, 0) is 11.3 Å². The van der Waals surface area contributed by atoms with Crippen molar-refractivity contribution in [1.82, 2.24) is 15.5 Å². The molecule has 8 heteroatoms. The van der Waals surface area contributed by atoms with E-state index in [9.17, 15) is 0 Å². The smallest absolute Gasteiger partial charge is 0.191 e. The van der Waals surface area contributed by atoms with E-state index in [4.69, 9.17) is 16.3 Å². The standard InChI is InChI=1S/C18H27ClN4OS.HI/c1-20-17(21-12-15-2-4-16(19)5-3-15)22-13-18(6-11-25-14-18)23-7-9-24-10-8-23;/h2-5H,6-14H2,1H3,(H2,20,21,22);1H. The lowest BCUT2D eigenvalue weighted by Crippen LogP contribution is -2.60. The van der Waals surface area contributed by atoms with Gasteiger partial charge in [0.25, 0.3) is 0 Å². The van der Waals surface area contributed by atoms with Crippen molar-refractivity contribution in [2.24, 2.45) is 4.99 Å². The van der Waals surface area contributed by atoms with Gasteiger partial charge in [0.05, 0.1) is 13.2 Å². The average molecular weight is 511 g/mol. The fourth-order valence-electron chi connectivity index (χ4n) is 3.39. The van der Waals surface area contributed by atoms with E-state index in [0.717, 1.165) is 50.4 Å². The van der Waals surface area contributed by atoms with Crippen molar-refractivity contribution < 1.29 is 4.74 Å². The summed E-state index contributed by atoms with van der Waals surface area (Å²) in [5, 5.41) is 7.70. The Bertz CT molecular complexity index is 575. The first-order valence-corrected chi connectivity index (χ1v) is 10.3. The third-order valence-corrected chi connectivity index (χ3v) is 6.43. The largest absolute Gasteiger partial charge is 0.379 e. The number of halogens is 2. The van der Waals surface area contributed by atoms with Crippen molar-refractivity contribution in [1.29, 1.82) is 0 Å². The molecule has 2 fully saturated rings. The highest BCUT2D eigenvalue weighted by molar-refractivity contribution is 14.0. The van der Waals surface area contributed by atoms with Crippen LogP contribution in [0.2, 0.25) is 5.02 Å². The van der Waals surface area contributed by atoms with E-state index in [-0.39, 0.29) is 29.5 Å². The molecule has 0 aromatic heterocycles. The van der Waals surface area contributed by atoms with Gasteiger partial charge in [0, 0.05) is 49.5 Å². The van der Waals surface area contributed by atoms with Crippen LogP contribution in [0.4, 0.5) is 0 Å². The zero-order valence-corrected chi connectivity index (χ0v) is 19.1. The third-order valence-electron chi connectivity index (χ3n) is 4.95. The van der Waals surface area contributed by atoms with Crippen LogP contribution in [0.1, 0.15) is 12.0 Å². The highest BCUT2D eigenvalue weighted by atomic mass is 127. The number of thioether (sulfide) groups is 1. The average Bonchev–Trinajstić information content (AvgIpc) is 3.14. The third kappa shape index (κ3) is 5.89. The first-order chi connectivity index (χ1) is 12.2. The molecule has 0 spiro atoms. The number of morpholine rings is 1. The molecule has 2 heterocycles. The monoisotopic (exact) mass is 510 g/mol. The summed E-state index contributed by atoms with van der Waals surface area (Å²) in [4.78, 5) is 6.98. The van der Waals surface area contributed by atoms with Crippen molar-refractivity contribution in [3.63, 3.8) is 0 Å². The van der Waals surface area contributed by atoms with Crippen LogP contribution in [0.3, 0.4) is 0 Å². The Morgan fingerprint density at radius 1 is 1.27 bits per heavy atom. The first kappa shape index (κ1) is 22.1. The molecule has 1 aromatic rings. The molecule has 0 radical (unpaired) electrons. The van der Waals surface area contributed by atoms with Crippen LogP contribution in [0.25, 0.3) is 0 Å². The van der Waals surface area contributed by atoms with Crippen LogP contribution in [0.5, 0.6) is 0 Å². The Morgan fingerprint density at radius 2 is 2.00 bits per heavy atom. The summed E-state index contributed by atoms with van der Waals surface area (Å²) in [5.74, 6) is 3.25. The summed E-state index contributed by atoms with van der Waals surface area (Å²) < 4.78 is 5.53. The molecule has 2 aliphatic rings. The van der Waals surface area contributed by atoms with Gasteiger partial charge in [-0.15, -0.1) is 24.0 Å². The molecule has 5 nitrogen and oxygen atoms in total. The van der Waals surface area contributed by atoms with E-state index in [0.29, 0.717) is 0 Å². The van der Waals surface area contributed by atoms with Gasteiger partial charge in [0.15, 0.2) is 5.96 Å². The van der Waals surface area contributed by atoms with E-state index in [2.05, 4.69) is 32.3 Å². The van der Waals surface area contributed by atoms with Crippen LogP contribution < -0.4 is 10.6 Å². The molecule has 0 aliphatic carbocycles. The fraction of sp³-hybridized carbons (Fsp3) is 0.611. The van der Waals surface area contributed by atoms with Gasteiger partial charge in [-0.05, 0) is 29.9 Å². The number of guanidine groups is 1. The summed E-state index contributed by atoms with van der Waals surface area (Å²) >= 11 is 7.99. The Kier molecular flexibility index (Phi) is 9.29. The Hall–Kier alpha value is -0.220. The lowest BCUT2D eigenvalue weighted by Gasteiger charge is -2.43. The molecule has 0 amide bonds. The molecule has 2 saturated heterocycles. The van der Waals surface area contributed by atoms with Crippen molar-refractivity contribution in [3.8, 4) is 0 Å². The second-order valence-electron chi connectivity index (χ2n) is 6.53.